The molecule has 0 aromatic heterocycles. The van der Waals surface area contributed by atoms with Crippen LogP contribution in [0, 0.1) is 5.82 Å². The van der Waals surface area contributed by atoms with Gasteiger partial charge >= 0.3 is 5.97 Å². The van der Waals surface area contributed by atoms with Gasteiger partial charge in [-0.05, 0) is 35.9 Å². The monoisotopic (exact) mass is 353 g/mol. The van der Waals surface area contributed by atoms with Crippen LogP contribution < -0.4 is 10.1 Å². The van der Waals surface area contributed by atoms with Gasteiger partial charge in [-0.2, -0.15) is 0 Å². The zero-order valence-electron chi connectivity index (χ0n) is 11.2. The minimum Gasteiger partial charge on any atom is -0.495 e. The van der Waals surface area contributed by atoms with Crippen molar-refractivity contribution in [2.75, 3.05) is 12.4 Å². The van der Waals surface area contributed by atoms with Crippen molar-refractivity contribution in [2.45, 2.75) is 6.54 Å². The number of hydrogen-bond donors (Lipinski definition) is 2. The fourth-order valence-corrected chi connectivity index (χ4v) is 2.22. The van der Waals surface area contributed by atoms with Crippen molar-refractivity contribution in [3.05, 3.63) is 57.8 Å². The fraction of sp³-hybridized carbons (Fsp3) is 0.133. The third kappa shape index (κ3) is 3.72. The minimum absolute atomic E-state index is 0.334. The van der Waals surface area contributed by atoms with E-state index in [1.807, 2.05) is 12.1 Å². The number of methoxy groups -OCH3 is 1. The van der Waals surface area contributed by atoms with Crippen LogP contribution in [0.3, 0.4) is 0 Å². The van der Waals surface area contributed by atoms with E-state index < -0.39 is 11.8 Å². The first-order valence-electron chi connectivity index (χ1n) is 6.10. The Morgan fingerprint density at radius 3 is 2.71 bits per heavy atom. The first-order chi connectivity index (χ1) is 10.0. The Morgan fingerprint density at radius 2 is 2.10 bits per heavy atom. The van der Waals surface area contributed by atoms with Crippen molar-refractivity contribution in [1.29, 1.82) is 0 Å². The lowest BCUT2D eigenvalue weighted by molar-refractivity contribution is 0.0692. The molecule has 0 atom stereocenters. The lowest BCUT2D eigenvalue weighted by Crippen LogP contribution is -2.05. The highest BCUT2D eigenvalue weighted by atomic mass is 79.9. The van der Waals surface area contributed by atoms with Gasteiger partial charge < -0.3 is 15.2 Å². The van der Waals surface area contributed by atoms with Gasteiger partial charge in [-0.1, -0.05) is 22.0 Å². The number of rotatable bonds is 5. The van der Waals surface area contributed by atoms with E-state index in [1.54, 1.807) is 19.2 Å². The number of carboxylic acid groups (broad SMARTS) is 1. The fourth-order valence-electron chi connectivity index (χ4n) is 1.86. The Hall–Kier alpha value is -2.08. The minimum atomic E-state index is -1.28. The van der Waals surface area contributed by atoms with Crippen LogP contribution in [0.2, 0.25) is 0 Å². The SMILES string of the molecule is COc1ccc(Br)cc1NCc1ccc(C(=O)O)c(F)c1. The van der Waals surface area contributed by atoms with Crippen LogP contribution in [-0.4, -0.2) is 18.2 Å². The smallest absolute Gasteiger partial charge is 0.338 e. The molecule has 2 aromatic carbocycles. The molecule has 0 heterocycles. The van der Waals surface area contributed by atoms with Crippen molar-refractivity contribution in [2.24, 2.45) is 0 Å². The molecule has 2 N–H and O–H groups in total. The molecule has 0 amide bonds. The van der Waals surface area contributed by atoms with Gasteiger partial charge in [0.05, 0.1) is 18.4 Å². The number of benzene rings is 2. The molecule has 0 aliphatic carbocycles. The molecule has 0 bridgehead atoms. The van der Waals surface area contributed by atoms with Crippen LogP contribution in [0.4, 0.5) is 10.1 Å². The summed E-state index contributed by atoms with van der Waals surface area (Å²) in [6.07, 6.45) is 0. The van der Waals surface area contributed by atoms with Crippen LogP contribution in [0.5, 0.6) is 5.75 Å². The summed E-state index contributed by atoms with van der Waals surface area (Å²) in [6.45, 7) is 0.351. The predicted molar refractivity (Wildman–Crippen MR) is 81.4 cm³/mol. The summed E-state index contributed by atoms with van der Waals surface area (Å²) in [4.78, 5) is 10.8. The maximum absolute atomic E-state index is 13.6. The first-order valence-corrected chi connectivity index (χ1v) is 6.89. The van der Waals surface area contributed by atoms with E-state index in [9.17, 15) is 9.18 Å². The van der Waals surface area contributed by atoms with Crippen molar-refractivity contribution in [1.82, 2.24) is 0 Å². The van der Waals surface area contributed by atoms with Gasteiger partial charge in [0.15, 0.2) is 0 Å². The average Bonchev–Trinajstić information content (AvgIpc) is 2.45. The first kappa shape index (κ1) is 15.3. The molecule has 6 heteroatoms. The molecule has 110 valence electrons. The predicted octanol–water partition coefficient (Wildman–Crippen LogP) is 3.91. The Labute approximate surface area is 129 Å². The summed E-state index contributed by atoms with van der Waals surface area (Å²) in [6, 6.07) is 9.55. The molecule has 0 fully saturated rings. The van der Waals surface area contributed by atoms with E-state index >= 15 is 0 Å². The standard InChI is InChI=1S/C15H13BrFNO3/c1-21-14-5-3-10(16)7-13(14)18-8-9-2-4-11(15(19)20)12(17)6-9/h2-7,18H,8H2,1H3,(H,19,20). The lowest BCUT2D eigenvalue weighted by Gasteiger charge is -2.12. The van der Waals surface area contributed by atoms with Gasteiger partial charge in [0.1, 0.15) is 11.6 Å². The van der Waals surface area contributed by atoms with Gasteiger partial charge in [-0.15, -0.1) is 0 Å². The summed E-state index contributed by atoms with van der Waals surface area (Å²) < 4.78 is 19.7. The van der Waals surface area contributed by atoms with Crippen molar-refractivity contribution in [3.8, 4) is 5.75 Å². The van der Waals surface area contributed by atoms with E-state index in [1.165, 1.54) is 12.1 Å². The zero-order chi connectivity index (χ0) is 15.4. The van der Waals surface area contributed by atoms with E-state index in [4.69, 9.17) is 9.84 Å². The van der Waals surface area contributed by atoms with Gasteiger partial charge in [0.2, 0.25) is 0 Å². The van der Waals surface area contributed by atoms with E-state index in [2.05, 4.69) is 21.2 Å². The van der Waals surface area contributed by atoms with Crippen LogP contribution in [0.25, 0.3) is 0 Å². The average molecular weight is 354 g/mol. The molecular weight excluding hydrogens is 341 g/mol. The van der Waals surface area contributed by atoms with Crippen LogP contribution in [0.15, 0.2) is 40.9 Å². The van der Waals surface area contributed by atoms with Gasteiger partial charge in [0, 0.05) is 11.0 Å². The number of carbonyl (C=O) groups is 1. The van der Waals surface area contributed by atoms with E-state index in [-0.39, 0.29) is 5.56 Å². The molecular formula is C15H13BrFNO3. The molecule has 0 unspecified atom stereocenters. The van der Waals surface area contributed by atoms with Crippen LogP contribution in [0.1, 0.15) is 15.9 Å². The number of carboxylic acids is 1. The second-order valence-corrected chi connectivity index (χ2v) is 5.23. The highest BCUT2D eigenvalue weighted by molar-refractivity contribution is 9.10. The molecule has 0 aliphatic rings. The number of nitrogens with one attached hydrogen (secondary N) is 1. The summed E-state index contributed by atoms with van der Waals surface area (Å²) in [5, 5.41) is 11.9. The molecule has 0 aliphatic heterocycles. The lowest BCUT2D eigenvalue weighted by atomic mass is 10.1. The molecule has 0 spiro atoms. The molecule has 2 aromatic rings. The largest absolute Gasteiger partial charge is 0.495 e. The second-order valence-electron chi connectivity index (χ2n) is 4.32. The van der Waals surface area contributed by atoms with E-state index in [0.29, 0.717) is 17.9 Å². The quantitative estimate of drug-likeness (QED) is 0.855. The highest BCUT2D eigenvalue weighted by Crippen LogP contribution is 2.28. The molecule has 4 nitrogen and oxygen atoms in total. The van der Waals surface area contributed by atoms with Crippen molar-refractivity contribution >= 4 is 27.6 Å². The van der Waals surface area contributed by atoms with E-state index in [0.717, 1.165) is 10.2 Å². The van der Waals surface area contributed by atoms with Gasteiger partial charge in [-0.3, -0.25) is 0 Å². The summed E-state index contributed by atoms with van der Waals surface area (Å²) >= 11 is 3.37. The molecule has 2 rings (SSSR count). The van der Waals surface area contributed by atoms with Gasteiger partial charge in [-0.25, -0.2) is 9.18 Å². The Kier molecular flexibility index (Phi) is 4.80. The Morgan fingerprint density at radius 1 is 1.33 bits per heavy atom. The summed E-state index contributed by atoms with van der Waals surface area (Å²) in [7, 11) is 1.57. The van der Waals surface area contributed by atoms with Crippen LogP contribution >= 0.6 is 15.9 Å². The van der Waals surface area contributed by atoms with Crippen molar-refractivity contribution in [3.63, 3.8) is 0 Å². The molecule has 0 radical (unpaired) electrons. The zero-order valence-corrected chi connectivity index (χ0v) is 12.8. The second kappa shape index (κ2) is 6.58. The Bertz CT molecular complexity index is 676. The Balaban J connectivity index is 2.15. The summed E-state index contributed by atoms with van der Waals surface area (Å²) in [5.41, 5.74) is 1.06. The van der Waals surface area contributed by atoms with Crippen LogP contribution in [-0.2, 0) is 6.54 Å². The number of ether oxygens (including phenoxy) is 1. The molecule has 21 heavy (non-hydrogen) atoms. The maximum Gasteiger partial charge on any atom is 0.338 e. The normalized spacial score (nSPS) is 10.2. The molecule has 0 saturated carbocycles. The third-order valence-corrected chi connectivity index (χ3v) is 3.40. The third-order valence-electron chi connectivity index (χ3n) is 2.91. The number of anilines is 1. The number of hydrogen-bond acceptors (Lipinski definition) is 3. The molecule has 0 saturated heterocycles. The van der Waals surface area contributed by atoms with Gasteiger partial charge in [0.25, 0.3) is 0 Å². The number of aromatic carboxylic acids is 1. The summed E-state index contributed by atoms with van der Waals surface area (Å²) in [5.74, 6) is -1.36. The van der Waals surface area contributed by atoms with Crippen molar-refractivity contribution < 1.29 is 19.0 Å². The topological polar surface area (TPSA) is 58.6 Å². The number of halogens is 2. The maximum atomic E-state index is 13.6. The highest BCUT2D eigenvalue weighted by Gasteiger charge is 2.10.